The number of likely N-dealkylation sites (N-methyl/N-ethyl adjacent to an activating group) is 1. The molecule has 0 aliphatic heterocycles. The summed E-state index contributed by atoms with van der Waals surface area (Å²) in [5.41, 5.74) is 5.90. The van der Waals surface area contributed by atoms with Crippen LogP contribution >= 0.6 is 0 Å². The zero-order chi connectivity index (χ0) is 14.1. The molecule has 1 aromatic rings. The topological polar surface area (TPSA) is 83.6 Å². The first-order valence-electron chi connectivity index (χ1n) is 5.59. The van der Waals surface area contributed by atoms with Crippen LogP contribution in [0.15, 0.2) is 23.1 Å². The number of nitrogens with two attached hydrogens (primary N) is 1. The number of rotatable bonds is 4. The highest BCUT2D eigenvalue weighted by atomic mass is 32.2. The van der Waals surface area contributed by atoms with Gasteiger partial charge in [-0.3, -0.25) is 0 Å². The van der Waals surface area contributed by atoms with Gasteiger partial charge in [0.25, 0.3) is 0 Å². The molecule has 5 nitrogen and oxygen atoms in total. The van der Waals surface area contributed by atoms with Gasteiger partial charge in [0.1, 0.15) is 0 Å². The molecule has 0 spiro atoms. The van der Waals surface area contributed by atoms with Crippen LogP contribution in [0.2, 0.25) is 0 Å². The monoisotopic (exact) mass is 272 g/mol. The normalized spacial score (nSPS) is 13.0. The van der Waals surface area contributed by atoms with Gasteiger partial charge in [-0.2, -0.15) is 4.31 Å². The van der Waals surface area contributed by atoms with Crippen LogP contribution < -0.4 is 5.73 Å². The summed E-state index contributed by atoms with van der Waals surface area (Å²) < 4.78 is 25.6. The van der Waals surface area contributed by atoms with Crippen molar-refractivity contribution < 1.29 is 13.5 Å². The van der Waals surface area contributed by atoms with E-state index in [0.717, 1.165) is 9.87 Å². The summed E-state index contributed by atoms with van der Waals surface area (Å²) in [5.74, 6) is 0. The van der Waals surface area contributed by atoms with Crippen LogP contribution in [0.1, 0.15) is 19.4 Å². The van der Waals surface area contributed by atoms with Crippen molar-refractivity contribution in [1.82, 2.24) is 4.31 Å². The number of nitrogens with zero attached hydrogens (tertiary/aromatic N) is 1. The Bertz CT molecular complexity index is 533. The number of anilines is 1. The van der Waals surface area contributed by atoms with Gasteiger partial charge in [0.05, 0.1) is 10.5 Å². The van der Waals surface area contributed by atoms with Gasteiger partial charge < -0.3 is 10.8 Å². The molecular weight excluding hydrogens is 252 g/mol. The highest BCUT2D eigenvalue weighted by molar-refractivity contribution is 7.89. The molecule has 1 rings (SSSR count). The van der Waals surface area contributed by atoms with Gasteiger partial charge in [-0.15, -0.1) is 0 Å². The molecule has 102 valence electrons. The van der Waals surface area contributed by atoms with Crippen LogP contribution in [0.4, 0.5) is 5.69 Å². The van der Waals surface area contributed by atoms with Gasteiger partial charge >= 0.3 is 0 Å². The molecule has 0 aliphatic carbocycles. The number of hydrogen-bond acceptors (Lipinski definition) is 4. The third-order valence-corrected chi connectivity index (χ3v) is 4.37. The van der Waals surface area contributed by atoms with E-state index in [9.17, 15) is 13.5 Å². The van der Waals surface area contributed by atoms with Crippen molar-refractivity contribution in [2.45, 2.75) is 31.3 Å². The molecule has 3 N–H and O–H groups in total. The summed E-state index contributed by atoms with van der Waals surface area (Å²) in [5, 5.41) is 9.67. The Balaban J connectivity index is 3.10. The van der Waals surface area contributed by atoms with E-state index in [0.29, 0.717) is 5.69 Å². The molecule has 0 heterocycles. The van der Waals surface area contributed by atoms with Crippen molar-refractivity contribution in [2.75, 3.05) is 19.3 Å². The Morgan fingerprint density at radius 3 is 2.39 bits per heavy atom. The lowest BCUT2D eigenvalue weighted by molar-refractivity contribution is 0.0640. The van der Waals surface area contributed by atoms with Crippen molar-refractivity contribution >= 4 is 15.7 Å². The van der Waals surface area contributed by atoms with Crippen LogP contribution in [0.3, 0.4) is 0 Å². The van der Waals surface area contributed by atoms with E-state index in [1.165, 1.54) is 19.2 Å². The maximum atomic E-state index is 12.2. The number of hydrogen-bond donors (Lipinski definition) is 2. The first kappa shape index (κ1) is 14.9. The molecule has 0 bridgehead atoms. The molecule has 0 aromatic heterocycles. The molecule has 0 radical (unpaired) electrons. The number of sulfonamides is 1. The fourth-order valence-corrected chi connectivity index (χ4v) is 2.95. The van der Waals surface area contributed by atoms with Crippen LogP contribution in [0, 0.1) is 6.92 Å². The molecular formula is C12H20N2O3S. The van der Waals surface area contributed by atoms with Gasteiger partial charge in [-0.1, -0.05) is 6.07 Å². The second-order valence-electron chi connectivity index (χ2n) is 5.09. The first-order valence-corrected chi connectivity index (χ1v) is 7.03. The third kappa shape index (κ3) is 3.44. The van der Waals surface area contributed by atoms with Gasteiger partial charge in [0.2, 0.25) is 10.0 Å². The summed E-state index contributed by atoms with van der Waals surface area (Å²) in [6.45, 7) is 4.94. The summed E-state index contributed by atoms with van der Waals surface area (Å²) in [4.78, 5) is 0.136. The maximum absolute atomic E-state index is 12.2. The van der Waals surface area contributed by atoms with Crippen molar-refractivity contribution in [3.8, 4) is 0 Å². The third-order valence-electron chi connectivity index (χ3n) is 2.57. The van der Waals surface area contributed by atoms with Crippen LogP contribution in [-0.2, 0) is 10.0 Å². The predicted octanol–water partition coefficient (Wildman–Crippen LogP) is 0.969. The van der Waals surface area contributed by atoms with E-state index >= 15 is 0 Å². The average molecular weight is 272 g/mol. The van der Waals surface area contributed by atoms with Gasteiger partial charge in [-0.25, -0.2) is 8.42 Å². The van der Waals surface area contributed by atoms with Crippen molar-refractivity contribution in [1.29, 1.82) is 0 Å². The smallest absolute Gasteiger partial charge is 0.242 e. The Hall–Kier alpha value is -1.11. The molecule has 0 atom stereocenters. The standard InChI is InChI=1S/C12H20N2O3S/c1-9-5-6-10(7-11(9)13)18(16,17)14(4)8-12(2,3)15/h5-7,15H,8,13H2,1-4H3. The maximum Gasteiger partial charge on any atom is 0.242 e. The Labute approximate surface area is 108 Å². The van der Waals surface area contributed by atoms with E-state index < -0.39 is 15.6 Å². The van der Waals surface area contributed by atoms with Gasteiger partial charge in [0.15, 0.2) is 0 Å². The Morgan fingerprint density at radius 2 is 1.94 bits per heavy atom. The van der Waals surface area contributed by atoms with Gasteiger partial charge in [0, 0.05) is 19.3 Å². The highest BCUT2D eigenvalue weighted by Gasteiger charge is 2.26. The van der Waals surface area contributed by atoms with Crippen molar-refractivity contribution in [2.24, 2.45) is 0 Å². The lowest BCUT2D eigenvalue weighted by atomic mass is 10.1. The minimum Gasteiger partial charge on any atom is -0.398 e. The highest BCUT2D eigenvalue weighted by Crippen LogP contribution is 2.21. The SMILES string of the molecule is Cc1ccc(S(=O)(=O)N(C)CC(C)(C)O)cc1N. The zero-order valence-corrected chi connectivity index (χ0v) is 12.0. The predicted molar refractivity (Wildman–Crippen MR) is 71.7 cm³/mol. The number of nitrogen functional groups attached to an aromatic ring is 1. The minimum atomic E-state index is -3.62. The number of aryl methyl sites for hydroxylation is 1. The summed E-state index contributed by atoms with van der Waals surface area (Å²) in [6.07, 6.45) is 0. The van der Waals surface area contributed by atoms with Crippen LogP contribution in [0.25, 0.3) is 0 Å². The molecule has 0 unspecified atom stereocenters. The summed E-state index contributed by atoms with van der Waals surface area (Å²) in [7, 11) is -2.18. The Morgan fingerprint density at radius 1 is 1.39 bits per heavy atom. The van der Waals surface area contributed by atoms with E-state index in [1.54, 1.807) is 19.9 Å². The molecule has 0 amide bonds. The average Bonchev–Trinajstić information content (AvgIpc) is 2.19. The fourth-order valence-electron chi connectivity index (χ4n) is 1.59. The molecule has 0 fully saturated rings. The van der Waals surface area contributed by atoms with E-state index in [4.69, 9.17) is 5.73 Å². The lowest BCUT2D eigenvalue weighted by Gasteiger charge is -2.25. The second kappa shape index (κ2) is 4.87. The van der Waals surface area contributed by atoms with Crippen molar-refractivity contribution in [3.63, 3.8) is 0 Å². The van der Waals surface area contributed by atoms with E-state index in [-0.39, 0.29) is 11.4 Å². The van der Waals surface area contributed by atoms with Crippen molar-refractivity contribution in [3.05, 3.63) is 23.8 Å². The van der Waals surface area contributed by atoms with E-state index in [2.05, 4.69) is 0 Å². The largest absolute Gasteiger partial charge is 0.398 e. The van der Waals surface area contributed by atoms with Gasteiger partial charge in [-0.05, 0) is 38.5 Å². The first-order chi connectivity index (χ1) is 8.04. The lowest BCUT2D eigenvalue weighted by Crippen LogP contribution is -2.39. The minimum absolute atomic E-state index is 0.0170. The summed E-state index contributed by atoms with van der Waals surface area (Å²) in [6, 6.07) is 4.62. The Kier molecular flexibility index (Phi) is 4.05. The molecule has 1 aromatic carbocycles. The molecule has 0 saturated carbocycles. The number of benzene rings is 1. The quantitative estimate of drug-likeness (QED) is 0.800. The van der Waals surface area contributed by atoms with E-state index in [1.807, 2.05) is 6.92 Å². The summed E-state index contributed by atoms with van der Waals surface area (Å²) >= 11 is 0. The fraction of sp³-hybridized carbons (Fsp3) is 0.500. The molecule has 0 saturated heterocycles. The molecule has 0 aliphatic rings. The van der Waals surface area contributed by atoms with Crippen LogP contribution in [-0.4, -0.2) is 37.0 Å². The zero-order valence-electron chi connectivity index (χ0n) is 11.1. The second-order valence-corrected chi connectivity index (χ2v) is 7.14. The molecule has 18 heavy (non-hydrogen) atoms. The van der Waals surface area contributed by atoms with Crippen LogP contribution in [0.5, 0.6) is 0 Å². The molecule has 6 heteroatoms. The number of aliphatic hydroxyl groups is 1.